The van der Waals surface area contributed by atoms with Crippen LogP contribution in [0, 0.1) is 0 Å². The van der Waals surface area contributed by atoms with Gasteiger partial charge in [-0.25, -0.2) is 4.98 Å². The molecule has 0 spiro atoms. The summed E-state index contributed by atoms with van der Waals surface area (Å²) in [6, 6.07) is 8.28. The van der Waals surface area contributed by atoms with E-state index in [0.717, 1.165) is 29.8 Å². The van der Waals surface area contributed by atoms with Crippen LogP contribution in [0.5, 0.6) is 5.75 Å². The second-order valence-corrected chi connectivity index (χ2v) is 5.75. The molecule has 0 saturated heterocycles. The Bertz CT molecular complexity index is 597. The predicted molar refractivity (Wildman–Crippen MR) is 74.7 cm³/mol. The predicted octanol–water partition coefficient (Wildman–Crippen LogP) is 2.84. The second kappa shape index (κ2) is 4.63. The van der Waals surface area contributed by atoms with Crippen LogP contribution in [-0.2, 0) is 0 Å². The Balaban J connectivity index is 1.54. The lowest BCUT2D eigenvalue weighted by molar-refractivity contribution is 0.209. The number of aliphatic hydroxyl groups excluding tert-OH is 1. The third-order valence-electron chi connectivity index (χ3n) is 3.94. The molecule has 0 aliphatic heterocycles. The minimum absolute atomic E-state index is 0.405. The van der Waals surface area contributed by atoms with Crippen LogP contribution >= 0.6 is 0 Å². The summed E-state index contributed by atoms with van der Waals surface area (Å²) in [5, 5.41) is 10.5. The summed E-state index contributed by atoms with van der Waals surface area (Å²) >= 11 is 0. The molecule has 4 rings (SSSR count). The molecule has 0 radical (unpaired) electrons. The van der Waals surface area contributed by atoms with Crippen LogP contribution in [0.15, 0.2) is 36.8 Å². The number of hydrogen-bond acceptors (Lipinski definition) is 3. The van der Waals surface area contributed by atoms with Gasteiger partial charge < -0.3 is 14.4 Å². The lowest BCUT2D eigenvalue weighted by Crippen LogP contribution is -2.07. The van der Waals surface area contributed by atoms with E-state index in [4.69, 9.17) is 4.74 Å². The van der Waals surface area contributed by atoms with E-state index in [-0.39, 0.29) is 0 Å². The fraction of sp³-hybridized carbons (Fsp3) is 0.438. The highest BCUT2D eigenvalue weighted by molar-refractivity contribution is 5.32. The average Bonchev–Trinajstić information content (AvgIpc) is 3.40. The topological polar surface area (TPSA) is 47.3 Å². The maximum atomic E-state index is 10.5. The van der Waals surface area contributed by atoms with Gasteiger partial charge in [0.1, 0.15) is 11.9 Å². The highest BCUT2D eigenvalue weighted by atomic mass is 16.5. The third-order valence-corrected chi connectivity index (χ3v) is 3.94. The highest BCUT2D eigenvalue weighted by Gasteiger charge is 2.28. The lowest BCUT2D eigenvalue weighted by Gasteiger charge is -2.14. The van der Waals surface area contributed by atoms with Gasteiger partial charge in [0.05, 0.1) is 24.3 Å². The van der Waals surface area contributed by atoms with E-state index in [2.05, 4.69) is 9.55 Å². The first-order valence-electron chi connectivity index (χ1n) is 7.27. The Morgan fingerprint density at radius 3 is 2.55 bits per heavy atom. The number of hydrogen-bond donors (Lipinski definition) is 1. The molecule has 1 heterocycles. The molecule has 4 nitrogen and oxygen atoms in total. The van der Waals surface area contributed by atoms with Crippen molar-refractivity contribution in [3.8, 4) is 5.75 Å². The van der Waals surface area contributed by atoms with Gasteiger partial charge in [-0.2, -0.15) is 0 Å². The van der Waals surface area contributed by atoms with Crippen LogP contribution in [0.2, 0.25) is 0 Å². The van der Waals surface area contributed by atoms with Crippen LogP contribution in [0.4, 0.5) is 0 Å². The quantitative estimate of drug-likeness (QED) is 0.908. The number of ether oxygens (including phenoxy) is 1. The zero-order valence-electron chi connectivity index (χ0n) is 11.3. The summed E-state index contributed by atoms with van der Waals surface area (Å²) < 4.78 is 7.82. The molecule has 2 fully saturated rings. The zero-order chi connectivity index (χ0) is 13.5. The zero-order valence-corrected chi connectivity index (χ0v) is 11.3. The van der Waals surface area contributed by atoms with Crippen molar-refractivity contribution in [2.75, 3.05) is 0 Å². The van der Waals surface area contributed by atoms with Gasteiger partial charge in [-0.3, -0.25) is 0 Å². The standard InChI is InChI=1S/C16H18N2O2/c19-16(15-9-17-10-18(15)12-3-4-12)11-1-5-13(6-2-11)20-14-7-8-14/h1-2,5-6,9-10,12,14,16,19H,3-4,7-8H2. The number of nitrogens with zero attached hydrogens (tertiary/aromatic N) is 2. The molecular weight excluding hydrogens is 252 g/mol. The molecule has 20 heavy (non-hydrogen) atoms. The normalized spacial score (nSPS) is 19.9. The summed E-state index contributed by atoms with van der Waals surface area (Å²) in [5.74, 6) is 0.888. The SMILES string of the molecule is OC(c1ccc(OC2CC2)cc1)c1cncn1C1CC1. The van der Waals surface area contributed by atoms with Crippen LogP contribution in [0.25, 0.3) is 0 Å². The number of aromatic nitrogens is 2. The van der Waals surface area contributed by atoms with Gasteiger partial charge in [-0.1, -0.05) is 12.1 Å². The maximum absolute atomic E-state index is 10.5. The van der Waals surface area contributed by atoms with Crippen molar-refractivity contribution in [2.24, 2.45) is 0 Å². The molecule has 1 aromatic heterocycles. The minimum atomic E-state index is -0.618. The summed E-state index contributed by atoms with van der Waals surface area (Å²) in [6.07, 6.45) is 8.05. The lowest BCUT2D eigenvalue weighted by atomic mass is 10.1. The summed E-state index contributed by atoms with van der Waals surface area (Å²) in [7, 11) is 0. The van der Waals surface area contributed by atoms with Gasteiger partial charge in [0.15, 0.2) is 0 Å². The molecular formula is C16H18N2O2. The van der Waals surface area contributed by atoms with Gasteiger partial charge in [0.2, 0.25) is 0 Å². The summed E-state index contributed by atoms with van der Waals surface area (Å²) in [5.41, 5.74) is 1.76. The van der Waals surface area contributed by atoms with Crippen molar-refractivity contribution in [3.63, 3.8) is 0 Å². The van der Waals surface area contributed by atoms with E-state index in [1.807, 2.05) is 30.6 Å². The van der Waals surface area contributed by atoms with Crippen molar-refractivity contribution < 1.29 is 9.84 Å². The third kappa shape index (κ3) is 2.31. The number of imidazole rings is 1. The van der Waals surface area contributed by atoms with E-state index in [1.54, 1.807) is 6.20 Å². The molecule has 1 aromatic carbocycles. The monoisotopic (exact) mass is 270 g/mol. The fourth-order valence-electron chi connectivity index (χ4n) is 2.46. The van der Waals surface area contributed by atoms with Gasteiger partial charge in [0.25, 0.3) is 0 Å². The van der Waals surface area contributed by atoms with E-state index in [9.17, 15) is 5.11 Å². The summed E-state index contributed by atoms with van der Waals surface area (Å²) in [6.45, 7) is 0. The van der Waals surface area contributed by atoms with E-state index < -0.39 is 6.10 Å². The molecule has 2 saturated carbocycles. The molecule has 2 aliphatic carbocycles. The molecule has 104 valence electrons. The molecule has 0 bridgehead atoms. The number of aliphatic hydroxyl groups is 1. The van der Waals surface area contributed by atoms with Crippen molar-refractivity contribution in [1.82, 2.24) is 9.55 Å². The number of benzene rings is 1. The van der Waals surface area contributed by atoms with Crippen LogP contribution in [0.3, 0.4) is 0 Å². The van der Waals surface area contributed by atoms with E-state index >= 15 is 0 Å². The largest absolute Gasteiger partial charge is 0.490 e. The molecule has 2 aromatic rings. The Morgan fingerprint density at radius 1 is 1.15 bits per heavy atom. The number of rotatable bonds is 5. The van der Waals surface area contributed by atoms with Crippen LogP contribution < -0.4 is 4.74 Å². The van der Waals surface area contributed by atoms with E-state index in [0.29, 0.717) is 12.1 Å². The Labute approximate surface area is 118 Å². The maximum Gasteiger partial charge on any atom is 0.121 e. The molecule has 4 heteroatoms. The molecule has 1 atom stereocenters. The first-order chi connectivity index (χ1) is 9.81. The van der Waals surface area contributed by atoms with Gasteiger partial charge in [-0.15, -0.1) is 0 Å². The second-order valence-electron chi connectivity index (χ2n) is 5.75. The van der Waals surface area contributed by atoms with Crippen LogP contribution in [-0.4, -0.2) is 20.8 Å². The first kappa shape index (κ1) is 12.0. The van der Waals surface area contributed by atoms with Crippen molar-refractivity contribution in [3.05, 3.63) is 48.0 Å². The average molecular weight is 270 g/mol. The van der Waals surface area contributed by atoms with Crippen molar-refractivity contribution >= 4 is 0 Å². The highest BCUT2D eigenvalue weighted by Crippen LogP contribution is 2.38. The van der Waals surface area contributed by atoms with Gasteiger partial charge in [0, 0.05) is 6.04 Å². The fourth-order valence-corrected chi connectivity index (χ4v) is 2.46. The van der Waals surface area contributed by atoms with Gasteiger partial charge in [-0.05, 0) is 43.4 Å². The van der Waals surface area contributed by atoms with Gasteiger partial charge >= 0.3 is 0 Å². The minimum Gasteiger partial charge on any atom is -0.490 e. The van der Waals surface area contributed by atoms with Crippen molar-refractivity contribution in [1.29, 1.82) is 0 Å². The molecule has 0 amide bonds. The Morgan fingerprint density at radius 2 is 1.90 bits per heavy atom. The molecule has 1 unspecified atom stereocenters. The van der Waals surface area contributed by atoms with Crippen molar-refractivity contribution in [2.45, 2.75) is 43.9 Å². The Hall–Kier alpha value is -1.81. The Kier molecular flexibility index (Phi) is 2.77. The molecule has 1 N–H and O–H groups in total. The molecule has 2 aliphatic rings. The first-order valence-corrected chi connectivity index (χ1v) is 7.27. The smallest absolute Gasteiger partial charge is 0.121 e. The van der Waals surface area contributed by atoms with E-state index in [1.165, 1.54) is 12.8 Å². The summed E-state index contributed by atoms with van der Waals surface area (Å²) in [4.78, 5) is 4.17. The van der Waals surface area contributed by atoms with Crippen LogP contribution in [0.1, 0.15) is 49.1 Å².